The molecule has 121 heavy (non-hydrogen) atoms. The van der Waals surface area contributed by atoms with E-state index in [-0.39, 0.29) is 134 Å². The highest BCUT2D eigenvalue weighted by Crippen LogP contribution is 2.56. The fourth-order valence-electron chi connectivity index (χ4n) is 18.1. The van der Waals surface area contributed by atoms with E-state index in [0.717, 1.165) is 22.2 Å². The summed E-state index contributed by atoms with van der Waals surface area (Å²) in [5.74, 6) is -5.21. The molecule has 11 heterocycles. The molecule has 4 saturated carbocycles. The molecule has 0 amide bonds. The lowest BCUT2D eigenvalue weighted by atomic mass is 9.92. The van der Waals surface area contributed by atoms with E-state index in [1.54, 1.807) is 35.0 Å². The van der Waals surface area contributed by atoms with Gasteiger partial charge in [-0.1, -0.05) is 112 Å². The molecule has 0 unspecified atom stereocenters. The number of aromatic nitrogens is 12. The van der Waals surface area contributed by atoms with Crippen LogP contribution in [0, 0.1) is 46.9 Å². The van der Waals surface area contributed by atoms with Crippen molar-refractivity contribution < 1.29 is 76.6 Å². The molecule has 648 valence electrons. The molecular weight excluding hydrogens is 1680 g/mol. The lowest BCUT2D eigenvalue weighted by Crippen LogP contribution is -2.31. The van der Waals surface area contributed by atoms with Crippen molar-refractivity contribution in [3.63, 3.8) is 0 Å². The number of nitrogens with zero attached hydrogens (tertiary/aromatic N) is 12. The van der Waals surface area contributed by atoms with Crippen LogP contribution in [0.4, 0.5) is 35.0 Å². The van der Waals surface area contributed by atoms with Crippen molar-refractivity contribution in [3.8, 4) is 0 Å². The third kappa shape index (κ3) is 17.3. The molecule has 36 heteroatoms. The van der Waals surface area contributed by atoms with Crippen molar-refractivity contribution >= 4 is 120 Å². The highest BCUT2D eigenvalue weighted by Gasteiger charge is 2.60. The second kappa shape index (κ2) is 35.6. The zero-order valence-corrected chi connectivity index (χ0v) is 67.1. The molecule has 3 aliphatic heterocycles. The van der Waals surface area contributed by atoms with E-state index in [0.29, 0.717) is 86.5 Å². The molecule has 20 atom stereocenters. The number of fused-ring (bicyclic) bond motifs is 7. The fourth-order valence-corrected chi connectivity index (χ4v) is 18.8. The SMILES string of the molecule is C.C.C.C.CC1(C)O[C@@H]2[C@@H]([C@@H](O)c3ccc(Cl)c(F)c3)C[C@@H](n3ccc4c(Cl)ncnc43)[C@@H]2O1.CC1(C)O[C@@H]2[C@@H]([C@@H](O)c3ccc(Cl)c(F)c3)C[C@@H](n3ccc4c(N)ncnc43)[C@@H]2O1.CC1(C)O[C@@H]2[C@@H]([C@H](O)c3ccc(Cl)c(F)c3)C[C@@H](n3ccc4c(N)ncnc43)[C@@H]2O1.Nc1ncnc2c1ccn2[C@@H]1C[C@H]([C@H](O)c2ccc(Cl)c(F)c2)[C@@H](O)[C@H]1O. The number of ether oxygens (including phenoxy) is 6. The Balaban J connectivity index is 0.000000146. The third-order valence-corrected chi connectivity index (χ3v) is 24.9. The van der Waals surface area contributed by atoms with Crippen molar-refractivity contribution in [3.05, 3.63) is 218 Å². The number of hydrogen-bond acceptors (Lipinski definition) is 23. The van der Waals surface area contributed by atoms with E-state index < -0.39 is 89.2 Å². The first-order valence-electron chi connectivity index (χ1n) is 37.8. The van der Waals surface area contributed by atoms with E-state index in [1.807, 2.05) is 92.0 Å². The van der Waals surface area contributed by atoms with Crippen LogP contribution in [0.1, 0.15) is 168 Å². The Bertz CT molecular complexity index is 5320. The average molecular weight is 1780 g/mol. The van der Waals surface area contributed by atoms with Gasteiger partial charge >= 0.3 is 0 Å². The molecule has 19 rings (SSSR count). The predicted octanol–water partition coefficient (Wildman–Crippen LogP) is 16.3. The summed E-state index contributed by atoms with van der Waals surface area (Å²) in [7, 11) is 0. The van der Waals surface area contributed by atoms with Gasteiger partial charge in [0.25, 0.3) is 0 Å². The Labute approximate surface area is 720 Å². The van der Waals surface area contributed by atoms with E-state index in [4.69, 9.17) is 104 Å². The third-order valence-electron chi connectivity index (χ3n) is 23.4. The van der Waals surface area contributed by atoms with Crippen LogP contribution in [0.3, 0.4) is 0 Å². The van der Waals surface area contributed by atoms with Gasteiger partial charge in [0, 0.05) is 48.5 Å². The number of rotatable bonds is 12. The Morgan fingerprint density at radius 1 is 0.347 bits per heavy atom. The molecule has 7 fully saturated rings. The predicted molar refractivity (Wildman–Crippen MR) is 453 cm³/mol. The quantitative estimate of drug-likeness (QED) is 0.0405. The maximum atomic E-state index is 14.0. The molecule has 8 aromatic heterocycles. The van der Waals surface area contributed by atoms with Gasteiger partial charge in [-0.2, -0.15) is 0 Å². The minimum absolute atomic E-state index is 0. The summed E-state index contributed by atoms with van der Waals surface area (Å²) < 4.78 is 101. The van der Waals surface area contributed by atoms with Gasteiger partial charge in [0.1, 0.15) is 118 Å². The molecule has 0 spiro atoms. The molecule has 0 radical (unpaired) electrons. The van der Waals surface area contributed by atoms with Crippen LogP contribution in [0.5, 0.6) is 0 Å². The van der Waals surface area contributed by atoms with Crippen LogP contribution in [0.25, 0.3) is 44.1 Å². The summed E-state index contributed by atoms with van der Waals surface area (Å²) in [4.78, 5) is 33.4. The first-order valence-corrected chi connectivity index (χ1v) is 39.7. The zero-order valence-electron chi connectivity index (χ0n) is 63.4. The number of anilines is 3. The van der Waals surface area contributed by atoms with Crippen LogP contribution in [0.15, 0.2) is 147 Å². The number of aliphatic hydroxyl groups is 6. The summed E-state index contributed by atoms with van der Waals surface area (Å²) in [6.07, 6.45) is 6.68. The van der Waals surface area contributed by atoms with E-state index in [9.17, 15) is 48.2 Å². The van der Waals surface area contributed by atoms with E-state index in [2.05, 4.69) is 39.9 Å². The van der Waals surface area contributed by atoms with E-state index >= 15 is 0 Å². The number of halogens is 9. The van der Waals surface area contributed by atoms with E-state index in [1.165, 1.54) is 73.8 Å². The lowest BCUT2D eigenvalue weighted by Gasteiger charge is -2.27. The molecule has 12 aromatic rings. The lowest BCUT2D eigenvalue weighted by molar-refractivity contribution is -0.165. The van der Waals surface area contributed by atoms with Crippen molar-refractivity contribution in [2.45, 2.75) is 212 Å². The van der Waals surface area contributed by atoms with Gasteiger partial charge in [0.2, 0.25) is 0 Å². The summed E-state index contributed by atoms with van der Waals surface area (Å²) in [5, 5.41) is 68.4. The zero-order chi connectivity index (χ0) is 82.9. The first kappa shape index (κ1) is 91.7. The Kier molecular flexibility index (Phi) is 27.0. The van der Waals surface area contributed by atoms with Gasteiger partial charge in [-0.25, -0.2) is 57.4 Å². The molecule has 7 aliphatic rings. The molecule has 27 nitrogen and oxygen atoms in total. The number of aliphatic hydroxyl groups excluding tert-OH is 6. The van der Waals surface area contributed by atoms with Crippen LogP contribution in [-0.4, -0.2) is 155 Å². The van der Waals surface area contributed by atoms with Gasteiger partial charge in [-0.05, 0) is 162 Å². The maximum absolute atomic E-state index is 14.0. The fraction of sp³-hybridized carbons (Fsp3) is 0.435. The van der Waals surface area contributed by atoms with Crippen molar-refractivity contribution in [1.29, 1.82) is 0 Å². The van der Waals surface area contributed by atoms with Gasteiger partial charge in [0.05, 0.1) is 115 Å². The monoisotopic (exact) mass is 1770 g/mol. The van der Waals surface area contributed by atoms with Crippen molar-refractivity contribution in [1.82, 2.24) is 58.1 Å². The normalized spacial score (nSPS) is 27.3. The number of nitrogens with two attached hydrogens (primary N) is 3. The van der Waals surface area contributed by atoms with Gasteiger partial charge in [0.15, 0.2) is 17.4 Å². The maximum Gasteiger partial charge on any atom is 0.163 e. The molecule has 12 N–H and O–H groups in total. The van der Waals surface area contributed by atoms with Gasteiger partial charge in [-0.3, -0.25) is 0 Å². The van der Waals surface area contributed by atoms with Gasteiger partial charge < -0.3 is 94.5 Å². The second-order valence-corrected chi connectivity index (χ2v) is 33.8. The minimum Gasteiger partial charge on any atom is -0.390 e. The Morgan fingerprint density at radius 3 is 0.893 bits per heavy atom. The smallest absolute Gasteiger partial charge is 0.163 e. The molecule has 4 aliphatic carbocycles. The molecule has 3 saturated heterocycles. The van der Waals surface area contributed by atoms with Crippen LogP contribution in [0.2, 0.25) is 25.2 Å². The highest BCUT2D eigenvalue weighted by atomic mass is 35.5. The molecule has 4 aromatic carbocycles. The average Bonchev–Trinajstić information content (AvgIpc) is 1.59. The van der Waals surface area contributed by atoms with Crippen molar-refractivity contribution in [2.24, 2.45) is 23.7 Å². The largest absolute Gasteiger partial charge is 0.390 e. The van der Waals surface area contributed by atoms with Crippen LogP contribution in [-0.2, 0) is 28.4 Å². The number of nitrogen functional groups attached to an aromatic ring is 3. The summed E-state index contributed by atoms with van der Waals surface area (Å²) in [6, 6.07) is 23.5. The Morgan fingerprint density at radius 2 is 0.595 bits per heavy atom. The minimum atomic E-state index is -1.19. The highest BCUT2D eigenvalue weighted by molar-refractivity contribution is 6.34. The first-order chi connectivity index (χ1) is 55.6. The topological polar surface area (TPSA) is 378 Å². The molecular formula is C85H98Cl5F4N15O12. The summed E-state index contributed by atoms with van der Waals surface area (Å²) in [6.45, 7) is 11.1. The van der Waals surface area contributed by atoms with Crippen molar-refractivity contribution in [2.75, 3.05) is 17.2 Å². The second-order valence-electron chi connectivity index (χ2n) is 31.8. The number of hydrogen-bond donors (Lipinski definition) is 9. The standard InChI is InChI=1S/C21H20Cl2FN3O3.2C21H22ClFN4O3.C18H18ClFN4O3.4CH4/c1-21(2)29-17-12(16(28)10-3-4-13(22)14(24)7-10)8-15(18(17)30-21)27-6-5-11-19(23)25-9-26-20(11)27;2*1-21(2)29-17-12(16(28)10-3-4-13(22)14(23)7-10)8-15(18(17)30-21)27-6-5-11-19(24)25-9-26-20(11)27;19-11-2-1-8(5-12(11)20)14(25)10-6-13(16(27)15(10)26)24-4-3-9-17(21)22-7-23-18(9)24;;;;/h3-7,9,12,15-18,28H,8H2,1-2H3;2*3-7,9,12,15-18,28H,8H2,1-2H3,(H2,24,25,26);1-5,7,10,13-16,25-27H,6H2,(H2,21,22,23);4*1H4/t2*12-,15-,16+,17-,18+;12-,15-,16-,17-,18+;10-,13-,14-,15-,16+;;;;/m1111..../s1. The number of benzene rings is 4. The Hall–Kier alpha value is -8.55. The van der Waals surface area contributed by atoms with Crippen LogP contribution < -0.4 is 17.2 Å². The summed E-state index contributed by atoms with van der Waals surface area (Å²) >= 11 is 29.3. The van der Waals surface area contributed by atoms with Gasteiger partial charge in [-0.15, -0.1) is 0 Å². The molecule has 0 bridgehead atoms. The van der Waals surface area contributed by atoms with Crippen LogP contribution >= 0.6 is 58.0 Å². The summed E-state index contributed by atoms with van der Waals surface area (Å²) in [5.41, 5.74) is 22.1.